The van der Waals surface area contributed by atoms with E-state index in [0.717, 1.165) is 22.7 Å². The summed E-state index contributed by atoms with van der Waals surface area (Å²) < 4.78 is 33.0. The molecular weight excluding hydrogens is 581 g/mol. The first-order valence-corrected chi connectivity index (χ1v) is 15.9. The van der Waals surface area contributed by atoms with E-state index in [1.807, 2.05) is 20.8 Å². The molecule has 1 N–H and O–H groups in total. The number of ether oxygens (including phenoxy) is 1. The number of anilines is 1. The SMILES string of the molecule is CCCS(=O)(=O)Nc1cccc(-c2nc(C3CCN(C(=O)OC(C)(C)C)CC3)sc2-c2ccnc(Cl)n2)c1Cl. The highest BCUT2D eigenvalue weighted by Gasteiger charge is 2.30. The van der Waals surface area contributed by atoms with Crippen LogP contribution in [0, 0.1) is 0 Å². The molecule has 4 rings (SSSR count). The molecule has 0 aliphatic carbocycles. The van der Waals surface area contributed by atoms with E-state index >= 15 is 0 Å². The van der Waals surface area contributed by atoms with Crippen molar-refractivity contribution >= 4 is 56.3 Å². The van der Waals surface area contributed by atoms with Gasteiger partial charge in [0, 0.05) is 30.8 Å². The maximum absolute atomic E-state index is 12.5. The number of hydrogen-bond acceptors (Lipinski definition) is 8. The molecule has 0 unspecified atom stereocenters. The minimum absolute atomic E-state index is 0.0128. The van der Waals surface area contributed by atoms with Gasteiger partial charge in [0.1, 0.15) is 5.60 Å². The Bertz CT molecular complexity index is 1450. The first-order valence-electron chi connectivity index (χ1n) is 12.6. The Labute approximate surface area is 243 Å². The molecule has 1 aliphatic rings. The molecule has 0 bridgehead atoms. The number of carbonyl (C=O) groups is 1. The Balaban J connectivity index is 1.68. The molecule has 39 heavy (non-hydrogen) atoms. The number of rotatable bonds is 7. The van der Waals surface area contributed by atoms with Crippen LogP contribution in [0.1, 0.15) is 57.9 Å². The summed E-state index contributed by atoms with van der Waals surface area (Å²) in [4.78, 5) is 28.4. The Hall–Kier alpha value is -2.47. The van der Waals surface area contributed by atoms with E-state index < -0.39 is 15.6 Å². The van der Waals surface area contributed by atoms with Gasteiger partial charge in [-0.15, -0.1) is 11.3 Å². The fourth-order valence-corrected chi connectivity index (χ4v) is 7.08. The highest BCUT2D eigenvalue weighted by atomic mass is 35.5. The quantitative estimate of drug-likeness (QED) is 0.291. The van der Waals surface area contributed by atoms with Crippen molar-refractivity contribution < 1.29 is 17.9 Å². The fraction of sp³-hybridized carbons (Fsp3) is 0.462. The fourth-order valence-electron chi connectivity index (χ4n) is 4.25. The first-order chi connectivity index (χ1) is 18.4. The van der Waals surface area contributed by atoms with Crippen molar-refractivity contribution in [1.82, 2.24) is 19.9 Å². The summed E-state index contributed by atoms with van der Waals surface area (Å²) >= 11 is 14.4. The lowest BCUT2D eigenvalue weighted by molar-refractivity contribution is 0.0205. The molecule has 210 valence electrons. The maximum Gasteiger partial charge on any atom is 0.410 e. The molecule has 1 amide bonds. The molecule has 0 radical (unpaired) electrons. The molecule has 9 nitrogen and oxygen atoms in total. The number of nitrogens with zero attached hydrogens (tertiary/aromatic N) is 4. The second-order valence-electron chi connectivity index (χ2n) is 10.3. The van der Waals surface area contributed by atoms with E-state index in [2.05, 4.69) is 14.7 Å². The topological polar surface area (TPSA) is 114 Å². The predicted octanol–water partition coefficient (Wildman–Crippen LogP) is 6.84. The van der Waals surface area contributed by atoms with E-state index in [-0.39, 0.29) is 33.8 Å². The highest BCUT2D eigenvalue weighted by Crippen LogP contribution is 2.44. The number of halogens is 2. The van der Waals surface area contributed by atoms with E-state index in [1.54, 1.807) is 42.3 Å². The minimum atomic E-state index is -3.54. The van der Waals surface area contributed by atoms with Crippen LogP contribution < -0.4 is 4.72 Å². The number of nitrogens with one attached hydrogen (secondary N) is 1. The summed E-state index contributed by atoms with van der Waals surface area (Å²) in [6.45, 7) is 8.46. The Morgan fingerprint density at radius 2 is 1.90 bits per heavy atom. The molecule has 1 aromatic carbocycles. The number of likely N-dealkylation sites (tertiary alicyclic amines) is 1. The average molecular weight is 613 g/mol. The Kier molecular flexibility index (Phi) is 9.05. The van der Waals surface area contributed by atoms with Gasteiger partial charge in [-0.1, -0.05) is 30.7 Å². The van der Waals surface area contributed by atoms with Gasteiger partial charge in [0.2, 0.25) is 15.3 Å². The summed E-state index contributed by atoms with van der Waals surface area (Å²) in [6.07, 6.45) is 3.19. The lowest BCUT2D eigenvalue weighted by Gasteiger charge is -2.32. The molecule has 1 saturated heterocycles. The van der Waals surface area contributed by atoms with E-state index in [0.29, 0.717) is 36.5 Å². The molecule has 1 fully saturated rings. The second kappa shape index (κ2) is 12.0. The normalized spacial score (nSPS) is 14.9. The van der Waals surface area contributed by atoms with Crippen molar-refractivity contribution in [3.63, 3.8) is 0 Å². The van der Waals surface area contributed by atoms with Gasteiger partial charge >= 0.3 is 6.09 Å². The lowest BCUT2D eigenvalue weighted by Crippen LogP contribution is -2.41. The van der Waals surface area contributed by atoms with Crippen LogP contribution in [0.15, 0.2) is 30.5 Å². The first kappa shape index (κ1) is 29.5. The summed E-state index contributed by atoms with van der Waals surface area (Å²) in [7, 11) is -3.54. The van der Waals surface area contributed by atoms with Gasteiger partial charge in [-0.05, 0) is 63.8 Å². The number of carbonyl (C=O) groups excluding carboxylic acids is 1. The number of hydrogen-bond donors (Lipinski definition) is 1. The van der Waals surface area contributed by atoms with Crippen molar-refractivity contribution in [2.45, 2.75) is 58.5 Å². The highest BCUT2D eigenvalue weighted by molar-refractivity contribution is 7.92. The largest absolute Gasteiger partial charge is 0.444 e. The third kappa shape index (κ3) is 7.39. The van der Waals surface area contributed by atoms with Crippen molar-refractivity contribution in [2.24, 2.45) is 0 Å². The number of amides is 1. The summed E-state index contributed by atoms with van der Waals surface area (Å²) in [5.41, 5.74) is 1.49. The van der Waals surface area contributed by atoms with Crippen LogP contribution in [0.2, 0.25) is 10.3 Å². The summed E-state index contributed by atoms with van der Waals surface area (Å²) in [5.74, 6) is 0.102. The number of thiazole rings is 1. The lowest BCUT2D eigenvalue weighted by atomic mass is 9.98. The molecule has 1 aliphatic heterocycles. The zero-order valence-corrected chi connectivity index (χ0v) is 25.3. The van der Waals surface area contributed by atoms with Gasteiger partial charge in [-0.2, -0.15) is 0 Å². The number of sulfonamides is 1. The van der Waals surface area contributed by atoms with Gasteiger partial charge in [0.15, 0.2) is 0 Å². The van der Waals surface area contributed by atoms with Crippen LogP contribution in [-0.2, 0) is 14.8 Å². The maximum atomic E-state index is 12.5. The second-order valence-corrected chi connectivity index (χ2v) is 13.9. The van der Waals surface area contributed by atoms with Crippen molar-refractivity contribution in [2.75, 3.05) is 23.6 Å². The van der Waals surface area contributed by atoms with E-state index in [9.17, 15) is 13.2 Å². The van der Waals surface area contributed by atoms with Crippen LogP contribution in [0.3, 0.4) is 0 Å². The van der Waals surface area contributed by atoms with Crippen molar-refractivity contribution in [3.05, 3.63) is 45.8 Å². The van der Waals surface area contributed by atoms with Crippen LogP contribution in [-0.4, -0.2) is 58.8 Å². The van der Waals surface area contributed by atoms with Crippen LogP contribution >= 0.6 is 34.5 Å². The monoisotopic (exact) mass is 611 g/mol. The zero-order valence-electron chi connectivity index (χ0n) is 22.2. The molecule has 13 heteroatoms. The smallest absolute Gasteiger partial charge is 0.410 e. The van der Waals surface area contributed by atoms with Crippen LogP contribution in [0.25, 0.3) is 21.8 Å². The number of benzene rings is 1. The molecule has 3 aromatic rings. The van der Waals surface area contributed by atoms with Crippen LogP contribution in [0.5, 0.6) is 0 Å². The molecule has 0 atom stereocenters. The van der Waals surface area contributed by atoms with E-state index in [1.165, 1.54) is 11.3 Å². The van der Waals surface area contributed by atoms with Gasteiger partial charge < -0.3 is 9.64 Å². The number of piperidine rings is 1. The average Bonchev–Trinajstić information content (AvgIpc) is 3.29. The standard InChI is InChI=1S/C26H31Cl2N5O4S2/c1-5-15-39(35,36)32-18-8-6-7-17(20(18)27)21-22(19-9-12-29-24(28)30-19)38-23(31-21)16-10-13-33(14-11-16)25(34)37-26(2,3)4/h6-9,12,16,32H,5,10-11,13-15H2,1-4H3. The Morgan fingerprint density at radius 3 is 2.54 bits per heavy atom. The van der Waals surface area contributed by atoms with Gasteiger partial charge in [-0.3, -0.25) is 4.72 Å². The van der Waals surface area contributed by atoms with Crippen molar-refractivity contribution in [3.8, 4) is 21.8 Å². The van der Waals surface area contributed by atoms with Crippen molar-refractivity contribution in [1.29, 1.82) is 0 Å². The van der Waals surface area contributed by atoms with Gasteiger partial charge in [-0.25, -0.2) is 28.2 Å². The third-order valence-corrected chi connectivity index (χ3v) is 9.30. The van der Waals surface area contributed by atoms with Crippen LogP contribution in [0.4, 0.5) is 10.5 Å². The predicted molar refractivity (Wildman–Crippen MR) is 156 cm³/mol. The minimum Gasteiger partial charge on any atom is -0.444 e. The Morgan fingerprint density at radius 1 is 1.18 bits per heavy atom. The molecule has 3 heterocycles. The molecular formula is C26H31Cl2N5O4S2. The van der Waals surface area contributed by atoms with Gasteiger partial charge in [0.05, 0.1) is 37.7 Å². The summed E-state index contributed by atoms with van der Waals surface area (Å²) in [5, 5.41) is 1.23. The number of aromatic nitrogens is 3. The summed E-state index contributed by atoms with van der Waals surface area (Å²) in [6, 6.07) is 6.91. The van der Waals surface area contributed by atoms with E-state index in [4.69, 9.17) is 32.9 Å². The molecule has 0 spiro atoms. The van der Waals surface area contributed by atoms with Gasteiger partial charge in [0.25, 0.3) is 0 Å². The molecule has 0 saturated carbocycles. The zero-order chi connectivity index (χ0) is 28.4. The molecule has 2 aromatic heterocycles. The third-order valence-electron chi connectivity index (χ3n) is 5.99.